The second-order valence-corrected chi connectivity index (χ2v) is 36.1. The van der Waals surface area contributed by atoms with Gasteiger partial charge in [0.2, 0.25) is 0 Å². The number of halogens is 12. The highest BCUT2D eigenvalue weighted by Gasteiger charge is 2.49. The number of pyridine rings is 3. The summed E-state index contributed by atoms with van der Waals surface area (Å²) in [7, 11) is 6.80. The summed E-state index contributed by atoms with van der Waals surface area (Å²) in [5.74, 6) is -16.3. The van der Waals surface area contributed by atoms with Gasteiger partial charge in [-0.05, 0) is 237 Å². The molecular formula is C102H83F12N19O4. The van der Waals surface area contributed by atoms with Crippen LogP contribution < -0.4 is 0 Å². The average Bonchev–Trinajstić information content (AvgIpc) is 1.60. The summed E-state index contributed by atoms with van der Waals surface area (Å²) < 4.78 is 172. The fourth-order valence-electron chi connectivity index (χ4n) is 22.0. The van der Waals surface area contributed by atoms with Gasteiger partial charge in [-0.2, -0.15) is 20.4 Å². The number of hydrogen-bond acceptors (Lipinski definition) is 15. The highest BCUT2D eigenvalue weighted by molar-refractivity contribution is 6.01. The van der Waals surface area contributed by atoms with E-state index >= 15 is 0 Å². The Morgan fingerprint density at radius 1 is 0.292 bits per heavy atom. The number of carbonyl (C=O) groups excluding carboxylic acids is 4. The summed E-state index contributed by atoms with van der Waals surface area (Å²) in [6.45, 7) is 1.87. The van der Waals surface area contributed by atoms with Gasteiger partial charge < -0.3 is 19.6 Å². The minimum absolute atomic E-state index is 0.0542. The van der Waals surface area contributed by atoms with Crippen molar-refractivity contribution in [1.82, 2.24) is 93.6 Å². The first kappa shape index (κ1) is 88.6. The van der Waals surface area contributed by atoms with Gasteiger partial charge in [-0.25, -0.2) is 57.7 Å². The van der Waals surface area contributed by atoms with Gasteiger partial charge in [0, 0.05) is 156 Å². The summed E-state index contributed by atoms with van der Waals surface area (Å²) in [5, 5.41) is 19.6. The van der Waals surface area contributed by atoms with Crippen molar-refractivity contribution in [3.8, 4) is 45.0 Å². The van der Waals surface area contributed by atoms with E-state index in [9.17, 15) is 71.9 Å². The minimum Gasteiger partial charge on any atom is -0.327 e. The molecule has 8 aliphatic heterocycles. The zero-order valence-corrected chi connectivity index (χ0v) is 74.3. The fourth-order valence-corrected chi connectivity index (χ4v) is 22.0. The van der Waals surface area contributed by atoms with Crippen molar-refractivity contribution in [3.05, 3.63) is 313 Å². The molecule has 137 heavy (non-hydrogen) atoms. The number of nitrogens with zero attached hydrogens (tertiary/aromatic N) is 19. The molecule has 8 aliphatic rings. The lowest BCUT2D eigenvalue weighted by Crippen LogP contribution is -2.49. The van der Waals surface area contributed by atoms with Crippen LogP contribution in [0.4, 0.5) is 52.7 Å². The number of benzene rings is 7. The van der Waals surface area contributed by atoms with Crippen LogP contribution in [-0.2, 0) is 53.9 Å². The van der Waals surface area contributed by atoms with Gasteiger partial charge in [0.15, 0.2) is 69.8 Å². The molecule has 0 radical (unpaired) electrons. The number of aryl methyl sites for hydroxylation is 5. The van der Waals surface area contributed by atoms with E-state index in [0.717, 1.165) is 193 Å². The van der Waals surface area contributed by atoms with E-state index in [-0.39, 0.29) is 94.2 Å². The van der Waals surface area contributed by atoms with E-state index in [1.54, 1.807) is 133 Å². The third-order valence-corrected chi connectivity index (χ3v) is 27.8. The van der Waals surface area contributed by atoms with Crippen LogP contribution in [0.3, 0.4) is 0 Å². The third kappa shape index (κ3) is 15.7. The Kier molecular flexibility index (Phi) is 22.7. The van der Waals surface area contributed by atoms with Crippen LogP contribution in [0.2, 0.25) is 0 Å². The third-order valence-electron chi connectivity index (χ3n) is 27.8. The summed E-state index contributed by atoms with van der Waals surface area (Å²) in [6.07, 6.45) is 21.9. The van der Waals surface area contributed by atoms with Crippen LogP contribution >= 0.6 is 0 Å². The van der Waals surface area contributed by atoms with Crippen molar-refractivity contribution in [3.63, 3.8) is 0 Å². The molecule has 16 aromatic rings. The van der Waals surface area contributed by atoms with Crippen molar-refractivity contribution in [1.29, 1.82) is 0 Å². The van der Waals surface area contributed by atoms with Gasteiger partial charge in [0.25, 0.3) is 23.6 Å². The predicted molar refractivity (Wildman–Crippen MR) is 480 cm³/mol. The van der Waals surface area contributed by atoms with E-state index in [2.05, 4.69) is 55.3 Å². The Labute approximate surface area is 773 Å². The normalized spacial score (nSPS) is 19.3. The van der Waals surface area contributed by atoms with Gasteiger partial charge in [0.05, 0.1) is 120 Å². The van der Waals surface area contributed by atoms with E-state index < -0.39 is 69.8 Å². The van der Waals surface area contributed by atoms with Crippen molar-refractivity contribution < 1.29 is 71.9 Å². The van der Waals surface area contributed by atoms with E-state index in [4.69, 9.17) is 0 Å². The topological polar surface area (TPSA) is 243 Å². The van der Waals surface area contributed by atoms with Crippen molar-refractivity contribution in [2.24, 2.45) is 28.2 Å². The Morgan fingerprint density at radius 3 is 0.949 bits per heavy atom. The second-order valence-electron chi connectivity index (χ2n) is 36.1. The molecule has 23 nitrogen and oxygen atoms in total. The molecule has 4 fully saturated rings. The molecule has 8 bridgehead atoms. The van der Waals surface area contributed by atoms with Gasteiger partial charge in [-0.15, -0.1) is 0 Å². The highest BCUT2D eigenvalue weighted by Crippen LogP contribution is 2.52. The number of amides is 4. The molecule has 17 heterocycles. The van der Waals surface area contributed by atoms with Gasteiger partial charge in [-0.1, -0.05) is 6.07 Å². The smallest absolute Gasteiger partial charge is 0.256 e. The fraction of sp³-hybridized carbons (Fsp3) is 0.284. The van der Waals surface area contributed by atoms with Crippen LogP contribution in [0.5, 0.6) is 0 Å². The number of carbonyl (C=O) groups is 4. The van der Waals surface area contributed by atoms with E-state index in [0.29, 0.717) is 98.3 Å². The summed E-state index contributed by atoms with van der Waals surface area (Å²) in [6, 6.07) is 32.1. The molecule has 694 valence electrons. The average molecular weight is 1870 g/mol. The zero-order valence-electron chi connectivity index (χ0n) is 74.3. The summed E-state index contributed by atoms with van der Waals surface area (Å²) in [4.78, 5) is 92.8. The molecule has 4 amide bonds. The molecule has 35 heteroatoms. The van der Waals surface area contributed by atoms with E-state index in [1.807, 2.05) is 62.9 Å². The van der Waals surface area contributed by atoms with Gasteiger partial charge in [0.1, 0.15) is 0 Å². The molecule has 0 unspecified atom stereocenters. The van der Waals surface area contributed by atoms with Gasteiger partial charge in [-0.3, -0.25) is 67.8 Å². The number of piperidine rings is 4. The number of aromatic nitrogens is 15. The molecule has 8 atom stereocenters. The SMILES string of the molecule is Cc1cnc2cc(C(=O)N3[C@@H]4CCC[C@@H]3c3nn(C)c(-c5cc(F)c(F)c(F)c5)c3C4)ccc2n1.Cn1nc2c(c1-c1cc(F)c(F)c(F)c1)C[C@H]1CCC[C@H]2N1C(=O)c1ccc2ncccc2c1.Cn1nc2c(c1-c1cc(F)c(F)c(F)c1)C[C@H]1CCC[C@H]2N1C(=O)c1ccc2nccnc2c1.Cn1nc2c(c1-c1cc(F)c(F)c(F)c1)C[C@H]1CCC[C@H]2N1C(=O)c1cnc2cccnc2c1. The number of hydrogen-bond donors (Lipinski definition) is 0. The minimum atomic E-state index is -1.49. The largest absolute Gasteiger partial charge is 0.327 e. The molecule has 0 aliphatic carbocycles. The van der Waals surface area contributed by atoms with E-state index in [1.165, 1.54) is 0 Å². The van der Waals surface area contributed by atoms with Crippen molar-refractivity contribution in [2.45, 2.75) is 158 Å². The van der Waals surface area contributed by atoms with Crippen molar-refractivity contribution in [2.75, 3.05) is 0 Å². The molecule has 0 saturated carbocycles. The van der Waals surface area contributed by atoms with Crippen molar-refractivity contribution >= 4 is 67.6 Å². The Balaban J connectivity index is 0.000000109. The highest BCUT2D eigenvalue weighted by atomic mass is 19.2. The van der Waals surface area contributed by atoms with Crippen LogP contribution in [0.15, 0.2) is 171 Å². The Hall–Kier alpha value is -14.9. The lowest BCUT2D eigenvalue weighted by molar-refractivity contribution is 0.0385. The standard InChI is InChI=1S/C26H22F3N5O.C26H21F3N4O.2C25H20F3N5O/c1-13-12-30-21-10-14(6-7-20(21)31-13)26(35)34-16-4-3-5-22(34)24-17(11-16)25(33(2)32-24)15-8-18(27)23(29)19(28)9-15;1-32-25(16-11-19(27)23(29)20(28)12-16)18-13-17-5-2-6-22(24(18)31-32)33(17)26(34)15-7-8-21-14(10-15)4-3-9-30-21;1-32-24(13-8-17(26)22(28)18(27)9-13)16-11-15-4-2-6-21(23(16)31-32)33(15)25(34)14-10-20-19(30-12-14)5-3-7-29-20;1-32-24(14-9-17(26)22(28)18(27)10-14)16-12-15-3-2-4-21(23(16)31-32)33(15)25(34)13-5-6-19-20(11-13)30-8-7-29-19/h6-10,12,16,22H,3-5,11H2,1-2H3;3-4,7-12,17,22H,2,5-6,13H2,1H3;3,5,7-10,12,15,21H,2,4,6,11H2,1H3;5-11,15,21H,2-4,12H2,1H3/t16-,22-;17-,22-;2*15-,21-/m1111/s1. The lowest BCUT2D eigenvalue weighted by Gasteiger charge is -2.45. The first-order valence-corrected chi connectivity index (χ1v) is 45.2. The summed E-state index contributed by atoms with van der Waals surface area (Å²) in [5.41, 5.74) is 17.4. The predicted octanol–water partition coefficient (Wildman–Crippen LogP) is 19.9. The quantitative estimate of drug-likeness (QED) is 0.101. The Bertz CT molecular complexity index is 7070. The summed E-state index contributed by atoms with van der Waals surface area (Å²) >= 11 is 0. The molecule has 24 rings (SSSR count). The van der Waals surface area contributed by atoms with Crippen LogP contribution in [0.25, 0.3) is 89.0 Å². The maximum atomic E-state index is 14.0. The maximum absolute atomic E-state index is 14.0. The molecule has 7 aromatic carbocycles. The lowest BCUT2D eigenvalue weighted by atomic mass is 9.81. The second kappa shape index (κ2) is 35.1. The van der Waals surface area contributed by atoms with Crippen LogP contribution in [-0.4, -0.2) is 141 Å². The molecule has 0 N–H and O–H groups in total. The maximum Gasteiger partial charge on any atom is 0.256 e. The molecule has 9 aromatic heterocycles. The number of rotatable bonds is 8. The van der Waals surface area contributed by atoms with Gasteiger partial charge >= 0.3 is 0 Å². The molecular weight excluding hydrogens is 1780 g/mol. The first-order valence-electron chi connectivity index (χ1n) is 45.2. The first-order chi connectivity index (χ1) is 66.1. The monoisotopic (exact) mass is 1870 g/mol. The Morgan fingerprint density at radius 2 is 0.577 bits per heavy atom. The molecule has 4 saturated heterocycles. The number of fused-ring (bicyclic) bond motifs is 20. The van der Waals surface area contributed by atoms with Crippen LogP contribution in [0, 0.1) is 76.7 Å². The zero-order chi connectivity index (χ0) is 95.1. The molecule has 0 spiro atoms. The van der Waals surface area contributed by atoms with Crippen LogP contribution in [0.1, 0.15) is 193 Å².